The molecule has 1 aromatic carbocycles. The van der Waals surface area contributed by atoms with Crippen LogP contribution in [-0.2, 0) is 4.74 Å². The molecule has 2 unspecified atom stereocenters. The Labute approximate surface area is 169 Å². The normalized spacial score (nSPS) is 23.5. The van der Waals surface area contributed by atoms with Crippen LogP contribution in [0, 0.1) is 21.7 Å². The second-order valence-corrected chi connectivity index (χ2v) is 8.60. The number of carbonyl (C=O) groups is 1. The number of rotatable bonds is 4. The van der Waals surface area contributed by atoms with E-state index >= 15 is 0 Å². The maximum absolute atomic E-state index is 12.8. The number of nitrogens with zero attached hydrogens (tertiary/aromatic N) is 2. The molecule has 29 heavy (non-hydrogen) atoms. The summed E-state index contributed by atoms with van der Waals surface area (Å²) in [4.78, 5) is 12.8. The number of hydrogen-bond donors (Lipinski definition) is 2. The van der Waals surface area contributed by atoms with Crippen LogP contribution < -0.4 is 10.5 Å². The minimum absolute atomic E-state index is 0.122. The molecule has 1 saturated carbocycles. The number of esters is 1. The summed E-state index contributed by atoms with van der Waals surface area (Å²) < 4.78 is 5.79. The van der Waals surface area contributed by atoms with Gasteiger partial charge < -0.3 is 20.4 Å². The summed E-state index contributed by atoms with van der Waals surface area (Å²) in [6, 6.07) is 3.15. The molecule has 2 aliphatic rings. The molecule has 0 aliphatic heterocycles. The molecule has 158 valence electrons. The van der Waals surface area contributed by atoms with E-state index in [1.165, 1.54) is 11.1 Å². The molecule has 0 heterocycles. The molecule has 2 atom stereocenters. The third-order valence-electron chi connectivity index (χ3n) is 6.06. The summed E-state index contributed by atoms with van der Waals surface area (Å²) in [5, 5.41) is 39.7. The topological polar surface area (TPSA) is 119 Å². The van der Waals surface area contributed by atoms with E-state index < -0.39 is 23.0 Å². The lowest BCUT2D eigenvalue weighted by molar-refractivity contribution is -0.00589. The molecule has 8 nitrogen and oxygen atoms in total. The first-order valence-electron chi connectivity index (χ1n) is 9.54. The Bertz CT molecular complexity index is 832. The van der Waals surface area contributed by atoms with E-state index in [0.717, 1.165) is 43.0 Å². The second-order valence-electron chi connectivity index (χ2n) is 8.60. The van der Waals surface area contributed by atoms with Crippen LogP contribution >= 0.6 is 0 Å². The first-order valence-corrected chi connectivity index (χ1v) is 9.54. The van der Waals surface area contributed by atoms with Gasteiger partial charge in [0, 0.05) is 23.4 Å². The van der Waals surface area contributed by atoms with Crippen LogP contribution in [0.2, 0.25) is 0 Å². The van der Waals surface area contributed by atoms with Gasteiger partial charge in [0.25, 0.3) is 0 Å². The second kappa shape index (κ2) is 7.79. The van der Waals surface area contributed by atoms with Gasteiger partial charge in [-0.15, -0.1) is 5.23 Å². The van der Waals surface area contributed by atoms with Gasteiger partial charge in [-0.05, 0) is 44.4 Å². The highest BCUT2D eigenvalue weighted by Gasteiger charge is 2.42. The Morgan fingerprint density at radius 2 is 1.90 bits per heavy atom. The molecule has 0 bridgehead atoms. The van der Waals surface area contributed by atoms with Gasteiger partial charge >= 0.3 is 5.97 Å². The van der Waals surface area contributed by atoms with E-state index in [2.05, 4.69) is 13.5 Å². The monoisotopic (exact) mass is 402 g/mol. The van der Waals surface area contributed by atoms with Crippen molar-refractivity contribution in [2.24, 2.45) is 11.3 Å². The molecule has 2 N–H and O–H groups in total. The molecule has 2 aliphatic carbocycles. The van der Waals surface area contributed by atoms with E-state index in [0.29, 0.717) is 12.3 Å². The Morgan fingerprint density at radius 3 is 2.52 bits per heavy atom. The fourth-order valence-electron chi connectivity index (χ4n) is 4.31. The predicted molar refractivity (Wildman–Crippen MR) is 108 cm³/mol. The predicted octanol–water partition coefficient (Wildman–Crippen LogP) is 4.70. The van der Waals surface area contributed by atoms with Crippen LogP contribution in [-0.4, -0.2) is 22.5 Å². The molecule has 8 heteroatoms. The smallest absolute Gasteiger partial charge is 0.338 e. The Balaban J connectivity index is 1.88. The Hall–Kier alpha value is -2.39. The van der Waals surface area contributed by atoms with Gasteiger partial charge in [-0.25, -0.2) is 4.79 Å². The lowest BCUT2D eigenvalue weighted by atomic mass is 9.80. The summed E-state index contributed by atoms with van der Waals surface area (Å²) in [5.41, 5.74) is 2.60. The summed E-state index contributed by atoms with van der Waals surface area (Å²) in [6.07, 6.45) is 2.97. The van der Waals surface area contributed by atoms with E-state index in [1.54, 1.807) is 0 Å². The van der Waals surface area contributed by atoms with Gasteiger partial charge in [0.2, 0.25) is 0 Å². The summed E-state index contributed by atoms with van der Waals surface area (Å²) >= 11 is 0. The van der Waals surface area contributed by atoms with Crippen molar-refractivity contribution in [2.45, 2.75) is 52.6 Å². The van der Waals surface area contributed by atoms with Gasteiger partial charge in [0.15, 0.2) is 0 Å². The fourth-order valence-corrected chi connectivity index (χ4v) is 4.31. The Kier molecular flexibility index (Phi) is 5.73. The minimum Gasteiger partial charge on any atom is -0.769 e. The number of ether oxygens (including phenoxy) is 1. The van der Waals surface area contributed by atoms with Crippen molar-refractivity contribution < 1.29 is 19.9 Å². The zero-order chi connectivity index (χ0) is 21.5. The fraction of sp³-hybridized carbons (Fsp3) is 0.476. The van der Waals surface area contributed by atoms with Gasteiger partial charge in [-0.3, -0.25) is 10.4 Å². The maximum atomic E-state index is 12.8. The zero-order valence-electron chi connectivity index (χ0n) is 16.8. The molecule has 0 aromatic heterocycles. The quantitative estimate of drug-likeness (QED) is 0.422. The van der Waals surface area contributed by atoms with E-state index in [1.807, 2.05) is 13.8 Å². The van der Waals surface area contributed by atoms with Crippen molar-refractivity contribution in [3.8, 4) is 0 Å². The Morgan fingerprint density at radius 1 is 1.24 bits per heavy atom. The van der Waals surface area contributed by atoms with Crippen LogP contribution in [0.1, 0.15) is 56.8 Å². The van der Waals surface area contributed by atoms with Gasteiger partial charge in [0.1, 0.15) is 6.10 Å². The first-order chi connectivity index (χ1) is 13.5. The molecular formula is C21H26N2O6-2. The van der Waals surface area contributed by atoms with Gasteiger partial charge in [-0.2, -0.15) is 0 Å². The lowest BCUT2D eigenvalue weighted by Gasteiger charge is -2.38. The molecule has 3 rings (SSSR count). The molecule has 1 aromatic rings. The van der Waals surface area contributed by atoms with Crippen molar-refractivity contribution in [1.82, 2.24) is 0 Å². The van der Waals surface area contributed by atoms with Crippen molar-refractivity contribution >= 4 is 17.3 Å². The van der Waals surface area contributed by atoms with Crippen LogP contribution in [0.25, 0.3) is 0 Å². The third kappa shape index (κ3) is 4.30. The van der Waals surface area contributed by atoms with Crippen molar-refractivity contribution in [1.29, 1.82) is 0 Å². The molecule has 0 saturated heterocycles. The lowest BCUT2D eigenvalue weighted by Crippen LogP contribution is -2.33. The first kappa shape index (κ1) is 21.3. The standard InChI is InChI=1S/C21H26N2O6/c1-12-5-6-17-13(2)7-19(21(3,4)11-18(12)17)29-20(24)14-8-15(22(25)26)10-16(9-14)23(27)28/h8-10,17,19,25-26H,2,5-7,11H2,1,3-4H3/q-2. The van der Waals surface area contributed by atoms with Gasteiger partial charge in [0.05, 0.1) is 11.3 Å². The average molecular weight is 402 g/mol. The average Bonchev–Trinajstić information content (AvgIpc) is 2.96. The maximum Gasteiger partial charge on any atom is 0.338 e. The van der Waals surface area contributed by atoms with Crippen molar-refractivity contribution in [3.63, 3.8) is 0 Å². The van der Waals surface area contributed by atoms with Gasteiger partial charge in [-0.1, -0.05) is 37.1 Å². The molecule has 0 radical (unpaired) electrons. The highest BCUT2D eigenvalue weighted by atomic mass is 16.8. The van der Waals surface area contributed by atoms with E-state index in [9.17, 15) is 25.6 Å². The summed E-state index contributed by atoms with van der Waals surface area (Å²) in [5.74, 6) is -0.430. The number of anilines is 2. The number of fused-ring (bicyclic) bond motifs is 1. The molecular weight excluding hydrogens is 376 g/mol. The highest BCUT2D eigenvalue weighted by molar-refractivity contribution is 5.92. The SMILES string of the molecule is C=C1CC(OC(=O)c2cc(N([O-])[O-])cc(N(O)O)c2)C(C)(C)CC2=C(C)CCC12. The largest absolute Gasteiger partial charge is 0.769 e. The van der Waals surface area contributed by atoms with Crippen LogP contribution in [0.15, 0.2) is 41.5 Å². The van der Waals surface area contributed by atoms with E-state index in [4.69, 9.17) is 4.74 Å². The number of allylic oxidation sites excluding steroid dienone is 2. The van der Waals surface area contributed by atoms with Crippen LogP contribution in [0.4, 0.5) is 11.4 Å². The zero-order valence-corrected chi connectivity index (χ0v) is 16.8. The summed E-state index contributed by atoms with van der Waals surface area (Å²) in [7, 11) is 0. The molecule has 0 spiro atoms. The third-order valence-corrected chi connectivity index (χ3v) is 6.06. The van der Waals surface area contributed by atoms with Crippen LogP contribution in [0.3, 0.4) is 0 Å². The minimum atomic E-state index is -0.750. The van der Waals surface area contributed by atoms with Crippen molar-refractivity contribution in [3.05, 3.63) is 57.5 Å². The number of carbonyl (C=O) groups excluding carboxylic acids is 1. The van der Waals surface area contributed by atoms with Crippen molar-refractivity contribution in [2.75, 3.05) is 10.5 Å². The van der Waals surface area contributed by atoms with Crippen LogP contribution in [0.5, 0.6) is 0 Å². The highest BCUT2D eigenvalue weighted by Crippen LogP contribution is 2.49. The molecule has 0 amide bonds. The van der Waals surface area contributed by atoms with E-state index in [-0.39, 0.29) is 21.9 Å². The number of hydrogen-bond acceptors (Lipinski definition) is 8. The number of benzene rings is 1. The summed E-state index contributed by atoms with van der Waals surface area (Å²) in [6.45, 7) is 10.5. The molecule has 1 fully saturated rings.